The molecule has 0 spiro atoms. The summed E-state index contributed by atoms with van der Waals surface area (Å²) in [5.74, 6) is -1.99. The van der Waals surface area contributed by atoms with Crippen molar-refractivity contribution in [3.8, 4) is 0 Å². The third kappa shape index (κ3) is 5.57. The van der Waals surface area contributed by atoms with Crippen LogP contribution in [0, 0.1) is 5.92 Å². The molecule has 0 heterocycles. The first-order valence-electron chi connectivity index (χ1n) is 5.87. The van der Waals surface area contributed by atoms with Crippen LogP contribution < -0.4 is 5.32 Å². The first kappa shape index (κ1) is 15.2. The summed E-state index contributed by atoms with van der Waals surface area (Å²) >= 11 is 5.75. The van der Waals surface area contributed by atoms with Crippen LogP contribution in [0.3, 0.4) is 0 Å². The predicted octanol–water partition coefficient (Wildman–Crippen LogP) is 2.62. The normalized spacial score (nSPS) is 11.6. The molecule has 0 aromatic heterocycles. The van der Waals surface area contributed by atoms with Gasteiger partial charge in [-0.2, -0.15) is 0 Å². The highest BCUT2D eigenvalue weighted by Gasteiger charge is 2.19. The molecule has 0 aliphatic heterocycles. The number of hydrogen-bond donors (Lipinski definition) is 2. The third-order valence-corrected chi connectivity index (χ3v) is 2.89. The van der Waals surface area contributed by atoms with Crippen LogP contribution >= 0.6 is 11.6 Å². The number of carbonyl (C=O) groups excluding carboxylic acids is 1. The third-order valence-electron chi connectivity index (χ3n) is 2.64. The Bertz CT molecular complexity index is 456. The monoisotopic (exact) mass is 281 g/mol. The molecule has 0 aliphatic rings. The van der Waals surface area contributed by atoms with E-state index in [1.807, 2.05) is 0 Å². The number of benzene rings is 1. The molecule has 0 saturated heterocycles. The van der Waals surface area contributed by atoms with Gasteiger partial charge < -0.3 is 10.4 Å². The van der Waals surface area contributed by atoms with E-state index in [4.69, 9.17) is 16.7 Å². The minimum absolute atomic E-state index is 0.0467. The molecule has 4 nitrogen and oxygen atoms in total. The Morgan fingerprint density at radius 2 is 2.00 bits per heavy atom. The number of carbonyl (C=O) groups is 2. The second kappa shape index (κ2) is 7.59. The first-order valence-corrected chi connectivity index (χ1v) is 6.25. The van der Waals surface area contributed by atoms with Crippen LogP contribution in [0.5, 0.6) is 0 Å². The highest BCUT2D eigenvalue weighted by Crippen LogP contribution is 2.11. The predicted molar refractivity (Wildman–Crippen MR) is 73.9 cm³/mol. The lowest BCUT2D eigenvalue weighted by atomic mass is 10.0. The highest BCUT2D eigenvalue weighted by atomic mass is 35.5. The summed E-state index contributed by atoms with van der Waals surface area (Å²) in [7, 11) is 0. The molecule has 1 rings (SSSR count). The van der Waals surface area contributed by atoms with Gasteiger partial charge >= 0.3 is 5.97 Å². The molecule has 1 unspecified atom stereocenters. The zero-order chi connectivity index (χ0) is 14.3. The van der Waals surface area contributed by atoms with Crippen LogP contribution in [0.2, 0.25) is 5.02 Å². The van der Waals surface area contributed by atoms with E-state index in [0.717, 1.165) is 5.56 Å². The van der Waals surface area contributed by atoms with Gasteiger partial charge in [-0.15, -0.1) is 6.58 Å². The summed E-state index contributed by atoms with van der Waals surface area (Å²) in [4.78, 5) is 22.5. The molecule has 0 radical (unpaired) electrons. The Balaban J connectivity index is 2.44. The average molecular weight is 282 g/mol. The van der Waals surface area contributed by atoms with E-state index in [0.29, 0.717) is 11.6 Å². The fraction of sp³-hybridized carbons (Fsp3) is 0.286. The second-order valence-electron chi connectivity index (χ2n) is 4.17. The van der Waals surface area contributed by atoms with E-state index in [2.05, 4.69) is 11.9 Å². The lowest BCUT2D eigenvalue weighted by molar-refractivity contribution is -0.143. The molecule has 1 aromatic rings. The van der Waals surface area contributed by atoms with Crippen LogP contribution in [-0.2, 0) is 16.1 Å². The van der Waals surface area contributed by atoms with E-state index < -0.39 is 11.9 Å². The summed E-state index contributed by atoms with van der Waals surface area (Å²) < 4.78 is 0. The quantitative estimate of drug-likeness (QED) is 0.755. The zero-order valence-corrected chi connectivity index (χ0v) is 11.2. The summed E-state index contributed by atoms with van der Waals surface area (Å²) in [5, 5.41) is 12.2. The summed E-state index contributed by atoms with van der Waals surface area (Å²) in [6.07, 6.45) is 1.74. The number of hydrogen-bond acceptors (Lipinski definition) is 2. The lowest BCUT2D eigenvalue weighted by Crippen LogP contribution is -2.27. The van der Waals surface area contributed by atoms with E-state index >= 15 is 0 Å². The van der Waals surface area contributed by atoms with Crippen LogP contribution in [0.1, 0.15) is 18.4 Å². The van der Waals surface area contributed by atoms with Crippen molar-refractivity contribution in [1.29, 1.82) is 0 Å². The number of aliphatic carboxylic acids is 1. The Morgan fingerprint density at radius 1 is 1.37 bits per heavy atom. The number of rotatable bonds is 7. The maximum atomic E-state index is 11.6. The highest BCUT2D eigenvalue weighted by molar-refractivity contribution is 6.30. The van der Waals surface area contributed by atoms with Crippen LogP contribution in [0.25, 0.3) is 0 Å². The van der Waals surface area contributed by atoms with Crippen molar-refractivity contribution in [2.24, 2.45) is 5.92 Å². The van der Waals surface area contributed by atoms with Crippen molar-refractivity contribution in [3.05, 3.63) is 47.5 Å². The summed E-state index contributed by atoms with van der Waals surface area (Å²) in [6.45, 7) is 3.84. The van der Waals surface area contributed by atoms with Gasteiger partial charge in [-0.05, 0) is 24.1 Å². The van der Waals surface area contributed by atoms with Crippen molar-refractivity contribution in [2.45, 2.75) is 19.4 Å². The minimum Gasteiger partial charge on any atom is -0.481 e. The van der Waals surface area contributed by atoms with Gasteiger partial charge in [0.25, 0.3) is 0 Å². The van der Waals surface area contributed by atoms with Gasteiger partial charge in [-0.3, -0.25) is 9.59 Å². The fourth-order valence-corrected chi connectivity index (χ4v) is 1.70. The smallest absolute Gasteiger partial charge is 0.307 e. The molecule has 0 aliphatic carbocycles. The molecule has 0 saturated carbocycles. The molecular formula is C14H16ClNO3. The van der Waals surface area contributed by atoms with E-state index in [1.54, 1.807) is 24.3 Å². The van der Waals surface area contributed by atoms with E-state index in [9.17, 15) is 9.59 Å². The zero-order valence-electron chi connectivity index (χ0n) is 10.4. The molecule has 1 amide bonds. The molecule has 0 bridgehead atoms. The van der Waals surface area contributed by atoms with Crippen molar-refractivity contribution in [1.82, 2.24) is 5.32 Å². The molecule has 5 heteroatoms. The van der Waals surface area contributed by atoms with Crippen molar-refractivity contribution < 1.29 is 14.7 Å². The fourth-order valence-electron chi connectivity index (χ4n) is 1.57. The maximum Gasteiger partial charge on any atom is 0.307 e. The Hall–Kier alpha value is -1.81. The number of halogens is 1. The van der Waals surface area contributed by atoms with Gasteiger partial charge in [-0.1, -0.05) is 29.8 Å². The molecule has 102 valence electrons. The summed E-state index contributed by atoms with van der Waals surface area (Å²) in [6, 6.07) is 7.09. The molecule has 2 N–H and O–H groups in total. The minimum atomic E-state index is -0.985. The Kier molecular flexibility index (Phi) is 6.09. The van der Waals surface area contributed by atoms with Crippen LogP contribution in [0.4, 0.5) is 0 Å². The largest absolute Gasteiger partial charge is 0.481 e. The van der Waals surface area contributed by atoms with Crippen molar-refractivity contribution in [3.63, 3.8) is 0 Å². The SMILES string of the molecule is C=CCC(CC(=O)NCc1ccc(Cl)cc1)C(=O)O. The van der Waals surface area contributed by atoms with Crippen molar-refractivity contribution >= 4 is 23.5 Å². The van der Waals surface area contributed by atoms with Gasteiger partial charge in [0.1, 0.15) is 0 Å². The Morgan fingerprint density at radius 3 is 2.53 bits per heavy atom. The summed E-state index contributed by atoms with van der Waals surface area (Å²) in [5.41, 5.74) is 0.911. The van der Waals surface area contributed by atoms with Gasteiger partial charge in [0.2, 0.25) is 5.91 Å². The second-order valence-corrected chi connectivity index (χ2v) is 4.60. The molecule has 0 fully saturated rings. The first-order chi connectivity index (χ1) is 9.02. The van der Waals surface area contributed by atoms with Gasteiger partial charge in [0, 0.05) is 18.0 Å². The van der Waals surface area contributed by atoms with Crippen LogP contribution in [-0.4, -0.2) is 17.0 Å². The van der Waals surface area contributed by atoms with Gasteiger partial charge in [-0.25, -0.2) is 0 Å². The topological polar surface area (TPSA) is 66.4 Å². The number of carboxylic acids is 1. The van der Waals surface area contributed by atoms with E-state index in [1.165, 1.54) is 6.08 Å². The molecule has 1 atom stereocenters. The molecule has 1 aromatic carbocycles. The van der Waals surface area contributed by atoms with Gasteiger partial charge in [0.15, 0.2) is 0 Å². The average Bonchev–Trinajstić information content (AvgIpc) is 2.37. The van der Waals surface area contributed by atoms with Gasteiger partial charge in [0.05, 0.1) is 5.92 Å². The standard InChI is InChI=1S/C14H16ClNO3/c1-2-3-11(14(18)19)8-13(17)16-9-10-4-6-12(15)7-5-10/h2,4-7,11H,1,3,8-9H2,(H,16,17)(H,18,19). The maximum absolute atomic E-state index is 11.6. The number of allylic oxidation sites excluding steroid dienone is 1. The molecular weight excluding hydrogens is 266 g/mol. The van der Waals surface area contributed by atoms with Crippen LogP contribution in [0.15, 0.2) is 36.9 Å². The Labute approximate surface area is 117 Å². The van der Waals surface area contributed by atoms with E-state index in [-0.39, 0.29) is 18.7 Å². The van der Waals surface area contributed by atoms with Crippen molar-refractivity contribution in [2.75, 3.05) is 0 Å². The number of amides is 1. The number of nitrogens with one attached hydrogen (secondary N) is 1. The lowest BCUT2D eigenvalue weighted by Gasteiger charge is -2.10. The number of carboxylic acid groups (broad SMARTS) is 1. The molecule has 19 heavy (non-hydrogen) atoms.